The fraction of sp³-hybridized carbons (Fsp3) is 0.333. The topological polar surface area (TPSA) is 57.0 Å². The molecule has 3 aromatic rings. The summed E-state index contributed by atoms with van der Waals surface area (Å²) in [6.07, 6.45) is 0. The third kappa shape index (κ3) is 4.09. The maximum absolute atomic E-state index is 13.1. The molecule has 2 amide bonds. The minimum Gasteiger partial charge on any atom is -0.456 e. The Morgan fingerprint density at radius 3 is 2.40 bits per heavy atom. The van der Waals surface area contributed by atoms with E-state index in [2.05, 4.69) is 23.1 Å². The van der Waals surface area contributed by atoms with Gasteiger partial charge in [-0.25, -0.2) is 0 Å². The summed E-state index contributed by atoms with van der Waals surface area (Å²) in [5, 5.41) is 2.21. The zero-order valence-corrected chi connectivity index (χ0v) is 17.5. The lowest BCUT2D eigenvalue weighted by atomic mass is 10.1. The molecule has 1 saturated heterocycles. The van der Waals surface area contributed by atoms with Gasteiger partial charge in [-0.15, -0.1) is 0 Å². The number of nitrogens with zero attached hydrogens (tertiary/aromatic N) is 3. The van der Waals surface area contributed by atoms with E-state index < -0.39 is 0 Å². The molecule has 2 aromatic carbocycles. The van der Waals surface area contributed by atoms with Crippen LogP contribution in [0.4, 0.5) is 5.69 Å². The van der Waals surface area contributed by atoms with Crippen molar-refractivity contribution < 1.29 is 14.0 Å². The second kappa shape index (κ2) is 8.71. The molecule has 0 aliphatic carbocycles. The van der Waals surface area contributed by atoms with Crippen LogP contribution in [0.1, 0.15) is 23.2 Å². The molecule has 1 aromatic heterocycles. The molecule has 6 heteroatoms. The number of aryl methyl sites for hydroxylation is 1. The molecular weight excluding hydrogens is 378 g/mol. The largest absolute Gasteiger partial charge is 0.456 e. The summed E-state index contributed by atoms with van der Waals surface area (Å²) in [6, 6.07) is 17.7. The Labute approximate surface area is 176 Å². The molecule has 0 N–H and O–H groups in total. The fourth-order valence-corrected chi connectivity index (χ4v) is 4.02. The molecule has 1 fully saturated rings. The quantitative estimate of drug-likeness (QED) is 0.651. The molecule has 0 saturated carbocycles. The highest BCUT2D eigenvalue weighted by Crippen LogP contribution is 2.27. The molecule has 156 valence electrons. The third-order valence-corrected chi connectivity index (χ3v) is 5.64. The number of amides is 2. The van der Waals surface area contributed by atoms with Gasteiger partial charge in [0.05, 0.1) is 12.2 Å². The zero-order valence-electron chi connectivity index (χ0n) is 17.5. The first-order chi connectivity index (χ1) is 14.6. The summed E-state index contributed by atoms with van der Waals surface area (Å²) >= 11 is 0. The van der Waals surface area contributed by atoms with Crippen LogP contribution in [0, 0.1) is 6.92 Å². The summed E-state index contributed by atoms with van der Waals surface area (Å²) in [4.78, 5) is 31.4. The van der Waals surface area contributed by atoms with Gasteiger partial charge in [0.1, 0.15) is 5.76 Å². The number of furan rings is 1. The highest BCUT2D eigenvalue weighted by atomic mass is 16.3. The molecule has 2 heterocycles. The summed E-state index contributed by atoms with van der Waals surface area (Å²) < 4.78 is 5.45. The number of rotatable bonds is 5. The monoisotopic (exact) mass is 405 g/mol. The summed E-state index contributed by atoms with van der Waals surface area (Å²) in [5.74, 6) is 1.11. The molecular formula is C24H27N3O3. The molecule has 0 spiro atoms. The zero-order chi connectivity index (χ0) is 21.1. The van der Waals surface area contributed by atoms with E-state index in [4.69, 9.17) is 4.42 Å². The number of carbonyl (C=O) groups excluding carboxylic acids is 2. The van der Waals surface area contributed by atoms with Crippen molar-refractivity contribution in [3.05, 3.63) is 66.1 Å². The first-order valence-corrected chi connectivity index (χ1v) is 10.4. The molecule has 1 aliphatic heterocycles. The van der Waals surface area contributed by atoms with Crippen molar-refractivity contribution in [1.82, 2.24) is 9.80 Å². The number of hydrogen-bond acceptors (Lipinski definition) is 4. The van der Waals surface area contributed by atoms with E-state index in [9.17, 15) is 9.59 Å². The molecule has 30 heavy (non-hydrogen) atoms. The van der Waals surface area contributed by atoms with Gasteiger partial charge in [-0.05, 0) is 37.4 Å². The number of piperazine rings is 1. The van der Waals surface area contributed by atoms with Gasteiger partial charge in [0.2, 0.25) is 5.91 Å². The Hall–Kier alpha value is -3.12. The lowest BCUT2D eigenvalue weighted by Gasteiger charge is -2.35. The van der Waals surface area contributed by atoms with E-state index in [0.717, 1.165) is 22.2 Å². The lowest BCUT2D eigenvalue weighted by Crippen LogP contribution is -2.51. The minimum absolute atomic E-state index is 0.0790. The molecule has 6 nitrogen and oxygen atoms in total. The predicted octanol–water partition coefficient (Wildman–Crippen LogP) is 3.55. The predicted molar refractivity (Wildman–Crippen MR) is 118 cm³/mol. The van der Waals surface area contributed by atoms with E-state index in [1.165, 1.54) is 0 Å². The van der Waals surface area contributed by atoms with Gasteiger partial charge in [-0.1, -0.05) is 36.4 Å². The average Bonchev–Trinajstić information content (AvgIpc) is 3.21. The van der Waals surface area contributed by atoms with E-state index in [-0.39, 0.29) is 11.8 Å². The highest BCUT2D eigenvalue weighted by Gasteiger charge is 2.26. The first kappa shape index (κ1) is 20.2. The second-order valence-electron chi connectivity index (χ2n) is 7.61. The number of benzene rings is 2. The number of fused-ring (bicyclic) bond motifs is 1. The average molecular weight is 405 g/mol. The third-order valence-electron chi connectivity index (χ3n) is 5.64. The van der Waals surface area contributed by atoms with Crippen LogP contribution in [0.5, 0.6) is 0 Å². The van der Waals surface area contributed by atoms with Crippen molar-refractivity contribution in [2.24, 2.45) is 0 Å². The van der Waals surface area contributed by atoms with Crippen molar-refractivity contribution in [3.8, 4) is 0 Å². The highest BCUT2D eigenvalue weighted by molar-refractivity contribution is 6.04. The van der Waals surface area contributed by atoms with E-state index in [0.29, 0.717) is 45.0 Å². The normalized spacial score (nSPS) is 14.8. The molecule has 0 unspecified atom stereocenters. The minimum atomic E-state index is -0.0833. The summed E-state index contributed by atoms with van der Waals surface area (Å²) in [5.41, 5.74) is 0.947. The summed E-state index contributed by atoms with van der Waals surface area (Å²) in [7, 11) is 0. The molecule has 0 bridgehead atoms. The van der Waals surface area contributed by atoms with Crippen molar-refractivity contribution in [2.45, 2.75) is 13.8 Å². The number of likely N-dealkylation sites (N-methyl/N-ethyl adjacent to an activating group) is 1. The Balaban J connectivity index is 1.39. The van der Waals surface area contributed by atoms with Crippen LogP contribution in [0.15, 0.2) is 59.0 Å². The van der Waals surface area contributed by atoms with Crippen molar-refractivity contribution in [3.63, 3.8) is 0 Å². The van der Waals surface area contributed by atoms with Gasteiger partial charge >= 0.3 is 0 Å². The lowest BCUT2D eigenvalue weighted by molar-refractivity contribution is -0.120. The van der Waals surface area contributed by atoms with Crippen LogP contribution in [0.2, 0.25) is 0 Å². The van der Waals surface area contributed by atoms with E-state index >= 15 is 0 Å². The van der Waals surface area contributed by atoms with Gasteiger partial charge in [-0.3, -0.25) is 14.5 Å². The smallest absolute Gasteiger partial charge is 0.289 e. The van der Waals surface area contributed by atoms with Gasteiger partial charge in [0, 0.05) is 38.1 Å². The maximum atomic E-state index is 13.1. The number of anilines is 1. The summed E-state index contributed by atoms with van der Waals surface area (Å²) in [6.45, 7) is 7.31. The van der Waals surface area contributed by atoms with Gasteiger partial charge < -0.3 is 14.2 Å². The Kier molecular flexibility index (Phi) is 5.86. The SMILES string of the molecule is CCN(C(=O)CN1CCN(C(=O)c2ccc(C)o2)CC1)c1cccc2ccccc12. The van der Waals surface area contributed by atoms with Crippen LogP contribution >= 0.6 is 0 Å². The van der Waals surface area contributed by atoms with Crippen molar-refractivity contribution in [1.29, 1.82) is 0 Å². The van der Waals surface area contributed by atoms with Gasteiger partial charge in [0.15, 0.2) is 5.76 Å². The van der Waals surface area contributed by atoms with Crippen LogP contribution in [-0.4, -0.2) is 60.9 Å². The van der Waals surface area contributed by atoms with Gasteiger partial charge in [-0.2, -0.15) is 0 Å². The molecule has 0 atom stereocenters. The first-order valence-electron chi connectivity index (χ1n) is 10.4. The van der Waals surface area contributed by atoms with Crippen molar-refractivity contribution in [2.75, 3.05) is 44.2 Å². The van der Waals surface area contributed by atoms with Crippen LogP contribution < -0.4 is 4.90 Å². The van der Waals surface area contributed by atoms with Crippen LogP contribution in [-0.2, 0) is 4.79 Å². The molecule has 0 radical (unpaired) electrons. The Morgan fingerprint density at radius 1 is 0.967 bits per heavy atom. The van der Waals surface area contributed by atoms with E-state index in [1.54, 1.807) is 17.0 Å². The van der Waals surface area contributed by atoms with E-state index in [1.807, 2.05) is 43.0 Å². The maximum Gasteiger partial charge on any atom is 0.289 e. The fourth-order valence-electron chi connectivity index (χ4n) is 4.02. The standard InChI is InChI=1S/C24H27N3O3/c1-3-27(21-10-6-8-19-7-4-5-9-20(19)21)23(28)17-25-13-15-26(16-14-25)24(29)22-12-11-18(2)30-22/h4-12H,3,13-17H2,1-2H3. The molecule has 1 aliphatic rings. The number of carbonyl (C=O) groups is 2. The van der Waals surface area contributed by atoms with Crippen molar-refractivity contribution >= 4 is 28.3 Å². The van der Waals surface area contributed by atoms with Gasteiger partial charge in [0.25, 0.3) is 5.91 Å². The Morgan fingerprint density at radius 2 is 1.70 bits per heavy atom. The van der Waals surface area contributed by atoms with Crippen LogP contribution in [0.3, 0.4) is 0 Å². The molecule has 4 rings (SSSR count). The van der Waals surface area contributed by atoms with Crippen LogP contribution in [0.25, 0.3) is 10.8 Å². The Bertz CT molecular complexity index is 1050. The number of hydrogen-bond donors (Lipinski definition) is 0. The second-order valence-corrected chi connectivity index (χ2v) is 7.61.